The van der Waals surface area contributed by atoms with Crippen LogP contribution in [0.25, 0.3) is 0 Å². The number of benzene rings is 1. The summed E-state index contributed by atoms with van der Waals surface area (Å²) in [6.45, 7) is 0. The van der Waals surface area contributed by atoms with Crippen molar-refractivity contribution in [3.63, 3.8) is 0 Å². The molecule has 1 aromatic rings. The van der Waals surface area contributed by atoms with Gasteiger partial charge in [-0.3, -0.25) is 0 Å². The zero-order chi connectivity index (χ0) is 10.8. The molecule has 6 heteroatoms. The van der Waals surface area contributed by atoms with Crippen LogP contribution in [0.2, 0.25) is 0 Å². The van der Waals surface area contributed by atoms with E-state index < -0.39 is 11.7 Å². The fourth-order valence-electron chi connectivity index (χ4n) is 0.738. The zero-order valence-electron chi connectivity index (χ0n) is 6.88. The second-order valence-corrected chi connectivity index (χ2v) is 3.75. The first-order valence-electron chi connectivity index (χ1n) is 3.62. The van der Waals surface area contributed by atoms with Gasteiger partial charge >= 0.3 is 11.7 Å². The largest absolute Gasteiger partial charge is 0.399 e. The molecule has 0 aliphatic carbocycles. The van der Waals surface area contributed by atoms with E-state index in [-0.39, 0.29) is 16.7 Å². The maximum atomic E-state index is 12.5. The third-order valence-electron chi connectivity index (χ3n) is 1.39. The van der Waals surface area contributed by atoms with E-state index in [9.17, 15) is 17.6 Å². The highest BCUT2D eigenvalue weighted by molar-refractivity contribution is 8.00. The van der Waals surface area contributed by atoms with E-state index >= 15 is 0 Å². The number of nitrogen functional groups attached to an aromatic ring is 1. The molecular formula is C8H7F4NS. The summed E-state index contributed by atoms with van der Waals surface area (Å²) in [4.78, 5) is 0.0597. The average molecular weight is 225 g/mol. The fourth-order valence-corrected chi connectivity index (χ4v) is 1.41. The molecule has 0 bridgehead atoms. The van der Waals surface area contributed by atoms with Crippen LogP contribution in [-0.4, -0.2) is 11.7 Å². The van der Waals surface area contributed by atoms with Gasteiger partial charge in [0.25, 0.3) is 0 Å². The minimum absolute atomic E-state index is 0.0597. The number of halogens is 4. The van der Waals surface area contributed by atoms with Crippen LogP contribution >= 0.6 is 11.8 Å². The lowest BCUT2D eigenvalue weighted by Gasteiger charge is -2.13. The van der Waals surface area contributed by atoms with Gasteiger partial charge in [0.15, 0.2) is 0 Å². The summed E-state index contributed by atoms with van der Waals surface area (Å²) in [5.41, 5.74) is 5.70. The van der Waals surface area contributed by atoms with Crippen molar-refractivity contribution in [2.24, 2.45) is 0 Å². The maximum Gasteiger partial charge on any atom is 0.357 e. The van der Waals surface area contributed by atoms with Gasteiger partial charge in [0, 0.05) is 10.6 Å². The first kappa shape index (κ1) is 11.2. The summed E-state index contributed by atoms with van der Waals surface area (Å²) >= 11 is -0.176. The molecule has 0 aliphatic rings. The maximum absolute atomic E-state index is 12.5. The van der Waals surface area contributed by atoms with Crippen molar-refractivity contribution in [1.29, 1.82) is 0 Å². The monoisotopic (exact) mass is 225 g/mol. The minimum atomic E-state index is -4.06. The highest BCUT2D eigenvalue weighted by Gasteiger charge is 2.41. The quantitative estimate of drug-likeness (QED) is 0.485. The Bertz CT molecular complexity index is 299. The summed E-state index contributed by atoms with van der Waals surface area (Å²) in [5.74, 6) is 0. The summed E-state index contributed by atoms with van der Waals surface area (Å²) in [6, 6.07) is 5.31. The molecule has 0 radical (unpaired) electrons. The molecule has 0 unspecified atom stereocenters. The Balaban J connectivity index is 2.74. The first-order valence-corrected chi connectivity index (χ1v) is 4.44. The molecule has 1 nitrogen and oxygen atoms in total. The van der Waals surface area contributed by atoms with Gasteiger partial charge < -0.3 is 5.73 Å². The molecule has 0 amide bonds. The molecule has 0 atom stereocenters. The number of hydrogen-bond donors (Lipinski definition) is 1. The Morgan fingerprint density at radius 2 is 1.64 bits per heavy atom. The highest BCUT2D eigenvalue weighted by atomic mass is 32.2. The van der Waals surface area contributed by atoms with Gasteiger partial charge in [-0.05, 0) is 36.0 Å². The number of rotatable bonds is 3. The molecule has 0 saturated heterocycles. The molecule has 0 aliphatic heterocycles. The number of nitrogens with two attached hydrogens (primary N) is 1. The molecule has 0 spiro atoms. The average Bonchev–Trinajstić information content (AvgIpc) is 2.08. The first-order chi connectivity index (χ1) is 6.42. The van der Waals surface area contributed by atoms with Crippen molar-refractivity contribution in [2.75, 3.05) is 5.73 Å². The van der Waals surface area contributed by atoms with Crippen molar-refractivity contribution >= 4 is 17.4 Å². The van der Waals surface area contributed by atoms with Crippen LogP contribution in [0.4, 0.5) is 23.2 Å². The van der Waals surface area contributed by atoms with E-state index in [1.54, 1.807) is 0 Å². The van der Waals surface area contributed by atoms with E-state index in [1.165, 1.54) is 24.3 Å². The van der Waals surface area contributed by atoms with E-state index in [4.69, 9.17) is 5.73 Å². The van der Waals surface area contributed by atoms with Gasteiger partial charge in [0.2, 0.25) is 0 Å². The zero-order valence-corrected chi connectivity index (χ0v) is 7.70. The van der Waals surface area contributed by atoms with Crippen LogP contribution in [0.15, 0.2) is 29.2 Å². The van der Waals surface area contributed by atoms with Crippen LogP contribution in [-0.2, 0) is 0 Å². The molecule has 14 heavy (non-hydrogen) atoms. The van der Waals surface area contributed by atoms with Gasteiger partial charge in [0.05, 0.1) is 0 Å². The minimum Gasteiger partial charge on any atom is -0.399 e. The summed E-state index contributed by atoms with van der Waals surface area (Å²) in [6.07, 6.45) is -3.68. The van der Waals surface area contributed by atoms with Gasteiger partial charge in [0.1, 0.15) is 0 Å². The standard InChI is InChI=1S/C8H7F4NS/c9-7(10)8(11,12)14-6-3-1-5(13)2-4-6/h1-4,7H,13H2. The van der Waals surface area contributed by atoms with E-state index in [2.05, 4.69) is 0 Å². The van der Waals surface area contributed by atoms with E-state index in [1.807, 2.05) is 0 Å². The fraction of sp³-hybridized carbons (Fsp3) is 0.250. The Labute approximate surface area is 82.3 Å². The van der Waals surface area contributed by atoms with Gasteiger partial charge in [-0.2, -0.15) is 8.78 Å². The lowest BCUT2D eigenvalue weighted by molar-refractivity contribution is -0.0563. The molecule has 0 heterocycles. The molecule has 0 aromatic heterocycles. The Hall–Kier alpha value is -0.910. The summed E-state index contributed by atoms with van der Waals surface area (Å²) in [5, 5.41) is -4.06. The normalized spacial score (nSPS) is 12.1. The lowest BCUT2D eigenvalue weighted by Crippen LogP contribution is -2.21. The lowest BCUT2D eigenvalue weighted by atomic mass is 10.3. The van der Waals surface area contributed by atoms with Crippen molar-refractivity contribution in [3.05, 3.63) is 24.3 Å². The summed E-state index contributed by atoms with van der Waals surface area (Å²) < 4.78 is 48.6. The third-order valence-corrected chi connectivity index (χ3v) is 2.35. The topological polar surface area (TPSA) is 26.0 Å². The van der Waals surface area contributed by atoms with E-state index in [0.717, 1.165) is 0 Å². The third kappa shape index (κ3) is 2.80. The van der Waals surface area contributed by atoms with Crippen LogP contribution in [0.5, 0.6) is 0 Å². The molecule has 0 saturated carbocycles. The number of hydrogen-bond acceptors (Lipinski definition) is 2. The second-order valence-electron chi connectivity index (χ2n) is 2.53. The number of anilines is 1. The SMILES string of the molecule is Nc1ccc(SC(F)(F)C(F)F)cc1. The van der Waals surface area contributed by atoms with Gasteiger partial charge in [-0.25, -0.2) is 8.78 Å². The Morgan fingerprint density at radius 3 is 2.07 bits per heavy atom. The molecule has 78 valence electrons. The predicted molar refractivity (Wildman–Crippen MR) is 47.7 cm³/mol. The molecular weight excluding hydrogens is 218 g/mol. The smallest absolute Gasteiger partial charge is 0.357 e. The van der Waals surface area contributed by atoms with Crippen molar-refractivity contribution < 1.29 is 17.6 Å². The van der Waals surface area contributed by atoms with Crippen LogP contribution in [0.1, 0.15) is 0 Å². The van der Waals surface area contributed by atoms with Crippen LogP contribution in [0.3, 0.4) is 0 Å². The predicted octanol–water partition coefficient (Wildman–Crippen LogP) is 3.22. The molecule has 1 rings (SSSR count). The van der Waals surface area contributed by atoms with Gasteiger partial charge in [-0.15, -0.1) is 0 Å². The Kier molecular flexibility index (Phi) is 3.25. The van der Waals surface area contributed by atoms with E-state index in [0.29, 0.717) is 5.69 Å². The van der Waals surface area contributed by atoms with Crippen molar-refractivity contribution in [3.8, 4) is 0 Å². The van der Waals surface area contributed by atoms with Crippen molar-refractivity contribution in [2.45, 2.75) is 16.6 Å². The molecule has 1 aromatic carbocycles. The van der Waals surface area contributed by atoms with Crippen molar-refractivity contribution in [1.82, 2.24) is 0 Å². The van der Waals surface area contributed by atoms with Gasteiger partial charge in [-0.1, -0.05) is 0 Å². The molecule has 2 N–H and O–H groups in total. The molecule has 0 fully saturated rings. The summed E-state index contributed by atoms with van der Waals surface area (Å²) in [7, 11) is 0. The van der Waals surface area contributed by atoms with Crippen LogP contribution < -0.4 is 5.73 Å². The number of thioether (sulfide) groups is 1. The Morgan fingerprint density at radius 1 is 1.14 bits per heavy atom. The van der Waals surface area contributed by atoms with Crippen LogP contribution in [0, 0.1) is 0 Å². The number of alkyl halides is 4. The second kappa shape index (κ2) is 4.08. The highest BCUT2D eigenvalue weighted by Crippen LogP contribution is 2.40.